The summed E-state index contributed by atoms with van der Waals surface area (Å²) in [6.07, 6.45) is 0. The number of nitrogens with one attached hydrogen (secondary N) is 1. The highest BCUT2D eigenvalue weighted by molar-refractivity contribution is 7.89. The van der Waals surface area contributed by atoms with Crippen LogP contribution in [0.4, 0.5) is 5.82 Å². The van der Waals surface area contributed by atoms with Crippen molar-refractivity contribution >= 4 is 26.7 Å². The summed E-state index contributed by atoms with van der Waals surface area (Å²) in [7, 11) is -3.60. The number of sulfonamides is 1. The van der Waals surface area contributed by atoms with E-state index in [9.17, 15) is 8.42 Å². The molecule has 112 valence electrons. The average Bonchev–Trinajstić information content (AvgIpc) is 2.47. The van der Waals surface area contributed by atoms with Crippen molar-refractivity contribution in [3.8, 4) is 0 Å². The summed E-state index contributed by atoms with van der Waals surface area (Å²) in [5, 5.41) is 2.37. The van der Waals surface area contributed by atoms with Gasteiger partial charge in [0.2, 0.25) is 0 Å². The molecular formula is C13H16N4O3S. The molecule has 0 saturated carbocycles. The van der Waals surface area contributed by atoms with Gasteiger partial charge in [0.05, 0.1) is 23.6 Å². The fraction of sp³-hybridized carbons (Fsp3) is 0.308. The van der Waals surface area contributed by atoms with Crippen molar-refractivity contribution in [1.29, 1.82) is 0 Å². The highest BCUT2D eigenvalue weighted by Gasteiger charge is 2.20. The zero-order valence-electron chi connectivity index (χ0n) is 11.3. The van der Waals surface area contributed by atoms with E-state index in [1.54, 1.807) is 29.3 Å². The number of fused-ring (bicyclic) bond motifs is 1. The van der Waals surface area contributed by atoms with E-state index in [2.05, 4.69) is 9.82 Å². The maximum atomic E-state index is 12.4. The molecule has 3 rings (SSSR count). The Labute approximate surface area is 122 Å². The molecule has 0 spiro atoms. The Morgan fingerprint density at radius 3 is 2.71 bits per heavy atom. The van der Waals surface area contributed by atoms with E-state index in [1.807, 2.05) is 0 Å². The SMILES string of the molecule is Nc1ccc2cc(S(=O)(=O)NN3CCOCC3)ccc2n1. The maximum Gasteiger partial charge on any atom is 0.253 e. The quantitative estimate of drug-likeness (QED) is 0.849. The first kappa shape index (κ1) is 14.2. The van der Waals surface area contributed by atoms with Crippen LogP contribution in [0.25, 0.3) is 10.9 Å². The first-order valence-electron chi connectivity index (χ1n) is 6.56. The Morgan fingerprint density at radius 2 is 1.95 bits per heavy atom. The Bertz CT molecular complexity index is 757. The molecular weight excluding hydrogens is 292 g/mol. The van der Waals surface area contributed by atoms with Gasteiger partial charge < -0.3 is 10.5 Å². The molecule has 0 bridgehead atoms. The summed E-state index contributed by atoms with van der Waals surface area (Å²) in [5.74, 6) is 0.407. The van der Waals surface area contributed by atoms with Crippen LogP contribution in [0, 0.1) is 0 Å². The summed E-state index contributed by atoms with van der Waals surface area (Å²) in [6.45, 7) is 2.10. The molecule has 3 N–H and O–H groups in total. The summed E-state index contributed by atoms with van der Waals surface area (Å²) >= 11 is 0. The Balaban J connectivity index is 1.89. The standard InChI is InChI=1S/C13H16N4O3S/c14-13-4-1-10-9-11(2-3-12(10)15-13)21(18,19)16-17-5-7-20-8-6-17/h1-4,9,16H,5-8H2,(H2,14,15). The molecule has 0 atom stereocenters. The molecule has 0 radical (unpaired) electrons. The van der Waals surface area contributed by atoms with Crippen LogP contribution in [-0.4, -0.2) is 44.7 Å². The molecule has 2 heterocycles. The molecule has 1 aliphatic heterocycles. The second kappa shape index (κ2) is 5.57. The molecule has 7 nitrogen and oxygen atoms in total. The summed E-state index contributed by atoms with van der Waals surface area (Å²) in [5.41, 5.74) is 6.28. The predicted molar refractivity (Wildman–Crippen MR) is 78.9 cm³/mol. The zero-order valence-corrected chi connectivity index (χ0v) is 12.1. The van der Waals surface area contributed by atoms with Gasteiger partial charge in [-0.3, -0.25) is 0 Å². The number of nitrogen functional groups attached to an aromatic ring is 1. The lowest BCUT2D eigenvalue weighted by atomic mass is 10.2. The Hall–Kier alpha value is -1.74. The van der Waals surface area contributed by atoms with Crippen LogP contribution in [0.15, 0.2) is 35.2 Å². The molecule has 21 heavy (non-hydrogen) atoms. The fourth-order valence-corrected chi connectivity index (χ4v) is 3.32. The maximum absolute atomic E-state index is 12.4. The third kappa shape index (κ3) is 3.13. The zero-order chi connectivity index (χ0) is 14.9. The third-order valence-electron chi connectivity index (χ3n) is 3.25. The molecule has 0 amide bonds. The van der Waals surface area contributed by atoms with Crippen molar-refractivity contribution < 1.29 is 13.2 Å². The van der Waals surface area contributed by atoms with Crippen molar-refractivity contribution in [1.82, 2.24) is 14.8 Å². The van der Waals surface area contributed by atoms with Crippen molar-refractivity contribution in [2.24, 2.45) is 0 Å². The summed E-state index contributed by atoms with van der Waals surface area (Å²) in [6, 6.07) is 8.17. The predicted octanol–water partition coefficient (Wildman–Crippen LogP) is 0.342. The van der Waals surface area contributed by atoms with Gasteiger partial charge >= 0.3 is 0 Å². The highest BCUT2D eigenvalue weighted by Crippen LogP contribution is 2.19. The van der Waals surface area contributed by atoms with Crippen molar-refractivity contribution in [3.05, 3.63) is 30.3 Å². The number of ether oxygens (including phenoxy) is 1. The monoisotopic (exact) mass is 308 g/mol. The number of anilines is 1. The molecule has 1 fully saturated rings. The van der Waals surface area contributed by atoms with Gasteiger partial charge in [-0.2, -0.15) is 0 Å². The lowest BCUT2D eigenvalue weighted by molar-refractivity contribution is 0.0272. The lowest BCUT2D eigenvalue weighted by Gasteiger charge is -2.26. The van der Waals surface area contributed by atoms with Crippen molar-refractivity contribution in [3.63, 3.8) is 0 Å². The number of nitrogens with zero attached hydrogens (tertiary/aromatic N) is 2. The van der Waals surface area contributed by atoms with Crippen LogP contribution in [0.1, 0.15) is 0 Å². The molecule has 0 unspecified atom stereocenters. The summed E-state index contributed by atoms with van der Waals surface area (Å²) < 4.78 is 29.9. The minimum atomic E-state index is -3.60. The van der Waals surface area contributed by atoms with Crippen LogP contribution < -0.4 is 10.6 Å². The average molecular weight is 308 g/mol. The highest BCUT2D eigenvalue weighted by atomic mass is 32.2. The van der Waals surface area contributed by atoms with Crippen LogP contribution in [0.5, 0.6) is 0 Å². The number of hydrazine groups is 1. The smallest absolute Gasteiger partial charge is 0.253 e. The van der Waals surface area contributed by atoms with Crippen LogP contribution >= 0.6 is 0 Å². The van der Waals surface area contributed by atoms with E-state index in [1.165, 1.54) is 6.07 Å². The third-order valence-corrected chi connectivity index (χ3v) is 4.63. The van der Waals surface area contributed by atoms with Gasteiger partial charge in [-0.05, 0) is 30.3 Å². The van der Waals surface area contributed by atoms with Crippen molar-refractivity contribution in [2.75, 3.05) is 32.0 Å². The van der Waals surface area contributed by atoms with E-state index >= 15 is 0 Å². The van der Waals surface area contributed by atoms with E-state index in [4.69, 9.17) is 10.5 Å². The van der Waals surface area contributed by atoms with Crippen LogP contribution in [0.3, 0.4) is 0 Å². The number of rotatable bonds is 3. The van der Waals surface area contributed by atoms with Gasteiger partial charge in [-0.1, -0.05) is 0 Å². The van der Waals surface area contributed by atoms with E-state index in [-0.39, 0.29) is 4.90 Å². The second-order valence-electron chi connectivity index (χ2n) is 4.78. The number of hydrogen-bond donors (Lipinski definition) is 2. The lowest BCUT2D eigenvalue weighted by Crippen LogP contribution is -2.48. The number of pyridine rings is 1. The van der Waals surface area contributed by atoms with E-state index in [0.29, 0.717) is 37.6 Å². The number of aromatic nitrogens is 1. The number of nitrogens with two attached hydrogens (primary N) is 1. The van der Waals surface area contributed by atoms with Gasteiger partial charge in [-0.15, -0.1) is 4.83 Å². The number of hydrogen-bond acceptors (Lipinski definition) is 6. The van der Waals surface area contributed by atoms with E-state index < -0.39 is 10.0 Å². The Morgan fingerprint density at radius 1 is 1.19 bits per heavy atom. The molecule has 1 saturated heterocycles. The molecule has 1 aliphatic rings. The Kier molecular flexibility index (Phi) is 3.77. The van der Waals surface area contributed by atoms with Gasteiger partial charge in [0, 0.05) is 18.5 Å². The van der Waals surface area contributed by atoms with Crippen LogP contribution in [0.2, 0.25) is 0 Å². The minimum Gasteiger partial charge on any atom is -0.384 e. The molecule has 8 heteroatoms. The first-order valence-corrected chi connectivity index (χ1v) is 8.04. The van der Waals surface area contributed by atoms with Gasteiger partial charge in [0.15, 0.2) is 0 Å². The number of benzene rings is 1. The minimum absolute atomic E-state index is 0.202. The fourth-order valence-electron chi connectivity index (χ4n) is 2.16. The molecule has 1 aromatic carbocycles. The normalized spacial score (nSPS) is 17.1. The largest absolute Gasteiger partial charge is 0.384 e. The number of morpholine rings is 1. The first-order chi connectivity index (χ1) is 10.0. The van der Waals surface area contributed by atoms with Gasteiger partial charge in [0.25, 0.3) is 10.0 Å². The van der Waals surface area contributed by atoms with Crippen LogP contribution in [-0.2, 0) is 14.8 Å². The van der Waals surface area contributed by atoms with Gasteiger partial charge in [-0.25, -0.2) is 18.4 Å². The molecule has 0 aliphatic carbocycles. The van der Waals surface area contributed by atoms with Crippen molar-refractivity contribution in [2.45, 2.75) is 4.90 Å². The topological polar surface area (TPSA) is 97.5 Å². The molecule has 1 aromatic heterocycles. The molecule has 2 aromatic rings. The summed E-state index contributed by atoms with van der Waals surface area (Å²) in [4.78, 5) is 6.92. The van der Waals surface area contributed by atoms with E-state index in [0.717, 1.165) is 5.39 Å². The van der Waals surface area contributed by atoms with Gasteiger partial charge in [0.1, 0.15) is 5.82 Å². The second-order valence-corrected chi connectivity index (χ2v) is 6.45.